The highest BCUT2D eigenvalue weighted by molar-refractivity contribution is 5.37. The molecule has 0 fully saturated rings. The largest absolute Gasteiger partial charge is 0.388 e. The molecule has 4 heteroatoms. The summed E-state index contributed by atoms with van der Waals surface area (Å²) >= 11 is 0. The van der Waals surface area contributed by atoms with Crippen molar-refractivity contribution in [1.82, 2.24) is 9.78 Å². The van der Waals surface area contributed by atoms with E-state index >= 15 is 0 Å². The molecule has 2 aromatic rings. The molecule has 3 rings (SSSR count). The molecule has 1 aromatic carbocycles. The molecule has 0 amide bonds. The summed E-state index contributed by atoms with van der Waals surface area (Å²) in [5, 5.41) is 15.1. The van der Waals surface area contributed by atoms with E-state index in [1.807, 2.05) is 26.1 Å². The molecule has 0 spiro atoms. The Bertz CT molecular complexity index is 607. The summed E-state index contributed by atoms with van der Waals surface area (Å²) in [5.41, 5.74) is 10.3. The number of fused-ring (bicyclic) bond motifs is 1. The third-order valence-corrected chi connectivity index (χ3v) is 4.76. The average Bonchev–Trinajstić information content (AvgIpc) is 3.00. The van der Waals surface area contributed by atoms with Gasteiger partial charge in [0, 0.05) is 30.3 Å². The first-order valence-corrected chi connectivity index (χ1v) is 7.01. The lowest BCUT2D eigenvalue weighted by atomic mass is 9.76. The minimum Gasteiger partial charge on any atom is -0.388 e. The molecule has 1 atom stereocenters. The fraction of sp³-hybridized carbons (Fsp3) is 0.438. The zero-order valence-electron chi connectivity index (χ0n) is 12.0. The second-order valence-electron chi connectivity index (χ2n) is 5.90. The topological polar surface area (TPSA) is 64.1 Å². The summed E-state index contributed by atoms with van der Waals surface area (Å²) in [5.74, 6) is 0. The van der Waals surface area contributed by atoms with Crippen molar-refractivity contribution in [1.29, 1.82) is 0 Å². The third kappa shape index (κ3) is 1.87. The molecule has 0 radical (unpaired) electrons. The number of benzene rings is 1. The number of nitrogens with two attached hydrogens (primary N) is 1. The molecular formula is C16H21N3O. The number of hydrogen-bond acceptors (Lipinski definition) is 3. The van der Waals surface area contributed by atoms with Crippen LogP contribution in [0.15, 0.2) is 30.5 Å². The first-order valence-electron chi connectivity index (χ1n) is 7.01. The van der Waals surface area contributed by atoms with Crippen LogP contribution >= 0.6 is 0 Å². The Hall–Kier alpha value is -1.65. The average molecular weight is 271 g/mol. The molecule has 1 aliphatic carbocycles. The van der Waals surface area contributed by atoms with Crippen molar-refractivity contribution < 1.29 is 5.11 Å². The number of aryl methyl sites for hydroxylation is 1. The highest BCUT2D eigenvalue weighted by Crippen LogP contribution is 2.45. The van der Waals surface area contributed by atoms with Crippen LogP contribution in [0, 0.1) is 12.3 Å². The van der Waals surface area contributed by atoms with E-state index in [0.29, 0.717) is 6.54 Å². The lowest BCUT2D eigenvalue weighted by Gasteiger charge is -2.33. The van der Waals surface area contributed by atoms with Crippen LogP contribution in [-0.2, 0) is 19.9 Å². The molecule has 0 saturated heterocycles. The van der Waals surface area contributed by atoms with E-state index in [1.165, 1.54) is 11.1 Å². The number of aromatic nitrogens is 2. The van der Waals surface area contributed by atoms with Crippen LogP contribution in [0.2, 0.25) is 0 Å². The van der Waals surface area contributed by atoms with Crippen molar-refractivity contribution in [3.05, 3.63) is 52.8 Å². The first kappa shape index (κ1) is 13.3. The Morgan fingerprint density at radius 3 is 2.40 bits per heavy atom. The van der Waals surface area contributed by atoms with Gasteiger partial charge in [0.25, 0.3) is 0 Å². The summed E-state index contributed by atoms with van der Waals surface area (Å²) in [6.07, 6.45) is 2.85. The zero-order chi connectivity index (χ0) is 14.3. The van der Waals surface area contributed by atoms with Gasteiger partial charge in [0.2, 0.25) is 0 Å². The number of aliphatic hydroxyl groups is 1. The molecule has 0 bridgehead atoms. The molecule has 4 nitrogen and oxygen atoms in total. The van der Waals surface area contributed by atoms with Crippen LogP contribution in [-0.4, -0.2) is 21.4 Å². The van der Waals surface area contributed by atoms with Gasteiger partial charge < -0.3 is 10.8 Å². The molecule has 3 N–H and O–H groups in total. The second kappa shape index (κ2) is 4.72. The quantitative estimate of drug-likeness (QED) is 0.889. The van der Waals surface area contributed by atoms with Crippen LogP contribution in [0.1, 0.15) is 28.5 Å². The van der Waals surface area contributed by atoms with E-state index in [9.17, 15) is 5.11 Å². The monoisotopic (exact) mass is 271 g/mol. The summed E-state index contributed by atoms with van der Waals surface area (Å²) in [7, 11) is 1.89. The molecule has 0 saturated carbocycles. The fourth-order valence-corrected chi connectivity index (χ4v) is 3.29. The van der Waals surface area contributed by atoms with E-state index in [-0.39, 0.29) is 5.41 Å². The minimum atomic E-state index is -0.575. The zero-order valence-corrected chi connectivity index (χ0v) is 12.0. The smallest absolute Gasteiger partial charge is 0.0897 e. The fourth-order valence-electron chi connectivity index (χ4n) is 3.29. The van der Waals surface area contributed by atoms with E-state index in [0.717, 1.165) is 24.1 Å². The van der Waals surface area contributed by atoms with Gasteiger partial charge in [-0.15, -0.1) is 0 Å². The van der Waals surface area contributed by atoms with Gasteiger partial charge in [-0.1, -0.05) is 24.3 Å². The third-order valence-electron chi connectivity index (χ3n) is 4.76. The predicted molar refractivity (Wildman–Crippen MR) is 78.2 cm³/mol. The Labute approximate surface area is 119 Å². The van der Waals surface area contributed by atoms with Gasteiger partial charge in [-0.2, -0.15) is 5.10 Å². The van der Waals surface area contributed by atoms with Crippen molar-refractivity contribution in [2.45, 2.75) is 25.9 Å². The van der Waals surface area contributed by atoms with Crippen molar-refractivity contribution >= 4 is 0 Å². The molecular weight excluding hydrogens is 250 g/mol. The van der Waals surface area contributed by atoms with Gasteiger partial charge in [0.15, 0.2) is 0 Å². The number of aliphatic hydroxyl groups excluding tert-OH is 1. The van der Waals surface area contributed by atoms with Crippen molar-refractivity contribution in [3.8, 4) is 0 Å². The molecule has 1 aliphatic rings. The Morgan fingerprint density at radius 1 is 1.35 bits per heavy atom. The maximum atomic E-state index is 10.9. The second-order valence-corrected chi connectivity index (χ2v) is 5.90. The van der Waals surface area contributed by atoms with E-state index in [1.54, 1.807) is 10.9 Å². The van der Waals surface area contributed by atoms with Crippen LogP contribution in [0.25, 0.3) is 0 Å². The highest BCUT2D eigenvalue weighted by atomic mass is 16.3. The van der Waals surface area contributed by atoms with E-state index in [2.05, 4.69) is 17.2 Å². The maximum Gasteiger partial charge on any atom is 0.0897 e. The summed E-state index contributed by atoms with van der Waals surface area (Å²) < 4.78 is 1.80. The van der Waals surface area contributed by atoms with Crippen molar-refractivity contribution in [2.75, 3.05) is 6.54 Å². The molecule has 20 heavy (non-hydrogen) atoms. The molecule has 106 valence electrons. The van der Waals surface area contributed by atoms with Gasteiger partial charge in [-0.3, -0.25) is 4.68 Å². The maximum absolute atomic E-state index is 10.9. The molecule has 0 aliphatic heterocycles. The predicted octanol–water partition coefficient (Wildman–Crippen LogP) is 1.51. The summed E-state index contributed by atoms with van der Waals surface area (Å²) in [4.78, 5) is 0. The molecule has 1 heterocycles. The van der Waals surface area contributed by atoms with Gasteiger partial charge in [0.05, 0.1) is 12.3 Å². The number of hydrogen-bond donors (Lipinski definition) is 2. The van der Waals surface area contributed by atoms with Crippen molar-refractivity contribution in [3.63, 3.8) is 0 Å². The van der Waals surface area contributed by atoms with Crippen LogP contribution in [0.4, 0.5) is 0 Å². The number of nitrogens with zero attached hydrogens (tertiary/aromatic N) is 2. The van der Waals surface area contributed by atoms with Crippen LogP contribution < -0.4 is 5.73 Å². The SMILES string of the molecule is Cc1c(C(O)C2(CN)Cc3ccccc3C2)cnn1C. The minimum absolute atomic E-state index is 0.308. The van der Waals surface area contributed by atoms with Crippen LogP contribution in [0.5, 0.6) is 0 Å². The first-order chi connectivity index (χ1) is 9.57. The van der Waals surface area contributed by atoms with Gasteiger partial charge in [-0.05, 0) is 30.9 Å². The Kier molecular flexibility index (Phi) is 3.15. The van der Waals surface area contributed by atoms with Gasteiger partial charge >= 0.3 is 0 Å². The highest BCUT2D eigenvalue weighted by Gasteiger charge is 2.43. The summed E-state index contributed by atoms with van der Waals surface area (Å²) in [6, 6.07) is 8.37. The molecule has 1 aromatic heterocycles. The number of rotatable bonds is 3. The molecule has 1 unspecified atom stereocenters. The standard InChI is InChI=1S/C16H21N3O/c1-11-14(9-18-19(11)2)15(20)16(10-17)7-12-5-3-4-6-13(12)8-16/h3-6,9,15,20H,7-8,10,17H2,1-2H3. The lowest BCUT2D eigenvalue weighted by Crippen LogP contribution is -2.37. The lowest BCUT2D eigenvalue weighted by molar-refractivity contribution is 0.0352. The van der Waals surface area contributed by atoms with Gasteiger partial charge in [-0.25, -0.2) is 0 Å². The van der Waals surface area contributed by atoms with Crippen molar-refractivity contribution in [2.24, 2.45) is 18.2 Å². The van der Waals surface area contributed by atoms with Gasteiger partial charge in [0.1, 0.15) is 0 Å². The normalized spacial score (nSPS) is 18.0. The Balaban J connectivity index is 1.98. The Morgan fingerprint density at radius 2 is 1.95 bits per heavy atom. The van der Waals surface area contributed by atoms with E-state index < -0.39 is 6.10 Å². The summed E-state index contributed by atoms with van der Waals surface area (Å²) in [6.45, 7) is 2.45. The van der Waals surface area contributed by atoms with E-state index in [4.69, 9.17) is 5.73 Å². The van der Waals surface area contributed by atoms with Crippen LogP contribution in [0.3, 0.4) is 0 Å².